The van der Waals surface area contributed by atoms with Crippen LogP contribution in [0.2, 0.25) is 10.0 Å². The summed E-state index contributed by atoms with van der Waals surface area (Å²) in [5.41, 5.74) is 0. The molecular formula is C9H8Cl2FNO3S. The number of hydrogen-bond acceptors (Lipinski definition) is 3. The Kier molecular flexibility index (Phi) is 3.49. The lowest BCUT2D eigenvalue weighted by molar-refractivity contribution is 0.0729. The molecule has 1 aromatic rings. The molecule has 0 saturated carbocycles. The van der Waals surface area contributed by atoms with Gasteiger partial charge in [0, 0.05) is 0 Å². The van der Waals surface area contributed by atoms with Crippen LogP contribution in [-0.4, -0.2) is 31.9 Å². The average molecular weight is 300 g/mol. The molecule has 1 fully saturated rings. The highest BCUT2D eigenvalue weighted by Gasteiger charge is 2.37. The first kappa shape index (κ1) is 12.9. The number of benzene rings is 1. The van der Waals surface area contributed by atoms with Gasteiger partial charge in [-0.3, -0.25) is 0 Å². The van der Waals surface area contributed by atoms with Crippen molar-refractivity contribution in [3.8, 4) is 5.75 Å². The first-order valence-corrected chi connectivity index (χ1v) is 6.78. The van der Waals surface area contributed by atoms with Crippen molar-refractivity contribution in [3.63, 3.8) is 0 Å². The van der Waals surface area contributed by atoms with Crippen LogP contribution in [0.3, 0.4) is 0 Å². The Morgan fingerprint density at radius 3 is 2.59 bits per heavy atom. The second-order valence-corrected chi connectivity index (χ2v) is 5.68. The third-order valence-electron chi connectivity index (χ3n) is 2.33. The number of halogens is 3. The zero-order chi connectivity index (χ0) is 12.6. The van der Waals surface area contributed by atoms with Crippen LogP contribution in [-0.2, 0) is 10.4 Å². The van der Waals surface area contributed by atoms with E-state index in [0.29, 0.717) is 15.1 Å². The molecule has 2 rings (SSSR count). The van der Waals surface area contributed by atoms with E-state index in [4.69, 9.17) is 27.9 Å². The molecule has 1 aliphatic rings. The third kappa shape index (κ3) is 2.82. The molecule has 4 nitrogen and oxygen atoms in total. The van der Waals surface area contributed by atoms with E-state index in [-0.39, 0.29) is 18.1 Å². The molecule has 0 atom stereocenters. The first-order chi connectivity index (χ1) is 7.88. The minimum absolute atomic E-state index is 0.0261. The number of hydrogen-bond donors (Lipinski definition) is 0. The maximum atomic E-state index is 12.5. The van der Waals surface area contributed by atoms with Crippen LogP contribution in [0.5, 0.6) is 5.75 Å². The standard InChI is InChI=1S/C9H8Cl2FNO3S/c10-7-2-1-3-8(9(7)11)16-6-4-13(5-6)17(12,14)15/h1-3,6H,4-5H2. The minimum Gasteiger partial charge on any atom is -0.486 e. The molecule has 17 heavy (non-hydrogen) atoms. The summed E-state index contributed by atoms with van der Waals surface area (Å²) in [6.07, 6.45) is -0.406. The summed E-state index contributed by atoms with van der Waals surface area (Å²) >= 11 is 11.7. The zero-order valence-corrected chi connectivity index (χ0v) is 10.8. The van der Waals surface area contributed by atoms with Crippen LogP contribution in [0.25, 0.3) is 0 Å². The Bertz CT molecular complexity index is 531. The Labute approximate surface area is 108 Å². The van der Waals surface area contributed by atoms with E-state index in [1.807, 2.05) is 0 Å². The van der Waals surface area contributed by atoms with Gasteiger partial charge in [0.25, 0.3) is 0 Å². The van der Waals surface area contributed by atoms with E-state index in [0.717, 1.165) is 0 Å². The quantitative estimate of drug-likeness (QED) is 0.805. The molecule has 1 heterocycles. The SMILES string of the molecule is O=S(=O)(F)N1CC(Oc2cccc(Cl)c2Cl)C1. The van der Waals surface area contributed by atoms with E-state index in [9.17, 15) is 12.3 Å². The van der Waals surface area contributed by atoms with Crippen molar-refractivity contribution in [1.29, 1.82) is 0 Å². The predicted molar refractivity (Wildman–Crippen MR) is 62.5 cm³/mol. The van der Waals surface area contributed by atoms with Gasteiger partial charge >= 0.3 is 10.4 Å². The molecule has 1 saturated heterocycles. The van der Waals surface area contributed by atoms with Gasteiger partial charge in [0.2, 0.25) is 0 Å². The highest BCUT2D eigenvalue weighted by Crippen LogP contribution is 2.33. The van der Waals surface area contributed by atoms with Crippen molar-refractivity contribution < 1.29 is 17.0 Å². The normalized spacial score (nSPS) is 17.8. The maximum absolute atomic E-state index is 12.5. The van der Waals surface area contributed by atoms with Crippen LogP contribution < -0.4 is 4.74 Å². The molecule has 0 amide bonds. The number of rotatable bonds is 3. The van der Waals surface area contributed by atoms with Gasteiger partial charge in [-0.2, -0.15) is 12.7 Å². The largest absolute Gasteiger partial charge is 0.486 e. The number of ether oxygens (including phenoxy) is 1. The van der Waals surface area contributed by atoms with E-state index < -0.39 is 16.5 Å². The Balaban J connectivity index is 1.99. The van der Waals surface area contributed by atoms with E-state index in [1.54, 1.807) is 18.2 Å². The Hall–Kier alpha value is -0.560. The van der Waals surface area contributed by atoms with Gasteiger partial charge in [-0.1, -0.05) is 33.2 Å². The molecular weight excluding hydrogens is 292 g/mol. The predicted octanol–water partition coefficient (Wildman–Crippen LogP) is 2.27. The zero-order valence-electron chi connectivity index (χ0n) is 8.44. The number of nitrogens with zero attached hydrogens (tertiary/aromatic N) is 1. The summed E-state index contributed by atoms with van der Waals surface area (Å²) in [7, 11) is -4.62. The molecule has 0 aliphatic carbocycles. The highest BCUT2D eigenvalue weighted by atomic mass is 35.5. The Morgan fingerprint density at radius 2 is 2.00 bits per heavy atom. The summed E-state index contributed by atoms with van der Waals surface area (Å²) < 4.78 is 39.5. The molecule has 0 unspecified atom stereocenters. The fourth-order valence-corrected chi connectivity index (χ4v) is 2.43. The van der Waals surface area contributed by atoms with Crippen LogP contribution in [0, 0.1) is 0 Å². The monoisotopic (exact) mass is 299 g/mol. The molecule has 0 bridgehead atoms. The van der Waals surface area contributed by atoms with Crippen molar-refractivity contribution in [2.24, 2.45) is 0 Å². The molecule has 0 aromatic heterocycles. The van der Waals surface area contributed by atoms with E-state index >= 15 is 0 Å². The molecule has 0 N–H and O–H groups in total. The third-order valence-corrected chi connectivity index (χ3v) is 4.05. The molecule has 0 radical (unpaired) electrons. The van der Waals surface area contributed by atoms with Gasteiger partial charge in [0.05, 0.1) is 18.1 Å². The van der Waals surface area contributed by atoms with Crippen molar-refractivity contribution in [2.45, 2.75) is 6.10 Å². The fraction of sp³-hybridized carbons (Fsp3) is 0.333. The molecule has 94 valence electrons. The van der Waals surface area contributed by atoms with Gasteiger partial charge in [-0.15, -0.1) is 0 Å². The second kappa shape index (κ2) is 4.61. The summed E-state index contributed by atoms with van der Waals surface area (Å²) in [5, 5.41) is 0.606. The second-order valence-electron chi connectivity index (χ2n) is 3.55. The van der Waals surface area contributed by atoms with E-state index in [1.165, 1.54) is 0 Å². The van der Waals surface area contributed by atoms with Crippen LogP contribution in [0.1, 0.15) is 0 Å². The fourth-order valence-electron chi connectivity index (χ4n) is 1.41. The smallest absolute Gasteiger partial charge is 0.375 e. The summed E-state index contributed by atoms with van der Waals surface area (Å²) in [6, 6.07) is 4.88. The van der Waals surface area contributed by atoms with Crippen molar-refractivity contribution in [3.05, 3.63) is 28.2 Å². The summed E-state index contributed by atoms with van der Waals surface area (Å²) in [4.78, 5) is 0. The summed E-state index contributed by atoms with van der Waals surface area (Å²) in [5.74, 6) is 0.361. The molecule has 0 spiro atoms. The van der Waals surface area contributed by atoms with Gasteiger partial charge in [-0.05, 0) is 12.1 Å². The van der Waals surface area contributed by atoms with Gasteiger partial charge in [0.1, 0.15) is 16.9 Å². The average Bonchev–Trinajstić information content (AvgIpc) is 2.15. The lowest BCUT2D eigenvalue weighted by Crippen LogP contribution is -2.54. The molecule has 1 aromatic carbocycles. The lowest BCUT2D eigenvalue weighted by atomic mass is 10.2. The lowest BCUT2D eigenvalue weighted by Gasteiger charge is -2.35. The highest BCUT2D eigenvalue weighted by molar-refractivity contribution is 7.84. The molecule has 1 aliphatic heterocycles. The summed E-state index contributed by atoms with van der Waals surface area (Å²) in [6.45, 7) is -0.0522. The van der Waals surface area contributed by atoms with Crippen LogP contribution in [0.15, 0.2) is 18.2 Å². The maximum Gasteiger partial charge on any atom is 0.375 e. The van der Waals surface area contributed by atoms with Crippen molar-refractivity contribution in [1.82, 2.24) is 4.31 Å². The van der Waals surface area contributed by atoms with Crippen molar-refractivity contribution >= 4 is 33.6 Å². The van der Waals surface area contributed by atoms with E-state index in [2.05, 4.69) is 0 Å². The molecule has 8 heteroatoms. The van der Waals surface area contributed by atoms with Crippen LogP contribution in [0.4, 0.5) is 3.89 Å². The van der Waals surface area contributed by atoms with Gasteiger partial charge in [0.15, 0.2) is 0 Å². The van der Waals surface area contributed by atoms with Gasteiger partial charge in [-0.25, -0.2) is 0 Å². The Morgan fingerprint density at radius 1 is 1.35 bits per heavy atom. The first-order valence-electron chi connectivity index (χ1n) is 4.68. The minimum atomic E-state index is -4.62. The van der Waals surface area contributed by atoms with Gasteiger partial charge < -0.3 is 4.74 Å². The van der Waals surface area contributed by atoms with Crippen molar-refractivity contribution in [2.75, 3.05) is 13.1 Å². The van der Waals surface area contributed by atoms with Crippen LogP contribution >= 0.6 is 23.2 Å². The topological polar surface area (TPSA) is 46.6 Å².